The molecular weight excluding hydrogens is 436 g/mol. The van der Waals surface area contributed by atoms with Crippen LogP contribution in [-0.4, -0.2) is 19.7 Å². The lowest BCUT2D eigenvalue weighted by Gasteiger charge is -2.11. The molecule has 2 aromatic carbocycles. The van der Waals surface area contributed by atoms with Gasteiger partial charge in [-0.25, -0.2) is 4.79 Å². The van der Waals surface area contributed by atoms with E-state index in [1.54, 1.807) is 56.5 Å². The Balaban J connectivity index is 1.73. The van der Waals surface area contributed by atoms with Gasteiger partial charge in [-0.2, -0.15) is 0 Å². The van der Waals surface area contributed by atoms with E-state index in [9.17, 15) is 9.59 Å². The average molecular weight is 455 g/mol. The Bertz CT molecular complexity index is 1320. The highest BCUT2D eigenvalue weighted by atomic mass is 35.5. The molecule has 32 heavy (non-hydrogen) atoms. The molecule has 0 fully saturated rings. The fraction of sp³-hybridized carbons (Fsp3) is 0.167. The third-order valence-corrected chi connectivity index (χ3v) is 4.90. The number of fused-ring (bicyclic) bond motifs is 1. The van der Waals surface area contributed by atoms with Crippen molar-refractivity contribution < 1.29 is 27.8 Å². The van der Waals surface area contributed by atoms with Crippen molar-refractivity contribution in [2.24, 2.45) is 0 Å². The molecule has 0 bridgehead atoms. The number of furan rings is 1. The van der Waals surface area contributed by atoms with Crippen LogP contribution in [0.15, 0.2) is 68.2 Å². The fourth-order valence-corrected chi connectivity index (χ4v) is 3.30. The number of benzene rings is 2. The van der Waals surface area contributed by atoms with Crippen LogP contribution in [0.3, 0.4) is 0 Å². The predicted molar refractivity (Wildman–Crippen MR) is 118 cm³/mol. The third kappa shape index (κ3) is 4.33. The summed E-state index contributed by atoms with van der Waals surface area (Å²) in [6.45, 7) is 1.84. The van der Waals surface area contributed by atoms with Crippen molar-refractivity contribution in [3.8, 4) is 22.8 Å². The van der Waals surface area contributed by atoms with E-state index in [1.165, 1.54) is 12.1 Å². The number of methoxy groups -OCH3 is 1. The first-order chi connectivity index (χ1) is 15.5. The molecule has 2 aromatic heterocycles. The molecule has 0 spiro atoms. The van der Waals surface area contributed by atoms with Crippen molar-refractivity contribution in [2.75, 3.05) is 13.7 Å². The topological polar surface area (TPSA) is 88.1 Å². The molecule has 0 radical (unpaired) electrons. The number of halogens is 1. The van der Waals surface area contributed by atoms with Gasteiger partial charge in [0.2, 0.25) is 16.9 Å². The van der Waals surface area contributed by atoms with Gasteiger partial charge in [0.15, 0.2) is 5.76 Å². The Morgan fingerprint density at radius 1 is 1.03 bits per heavy atom. The van der Waals surface area contributed by atoms with E-state index in [1.807, 2.05) is 0 Å². The Labute approximate surface area is 188 Å². The molecule has 164 valence electrons. The Morgan fingerprint density at radius 3 is 2.53 bits per heavy atom. The number of carbonyl (C=O) groups is 1. The van der Waals surface area contributed by atoms with Crippen molar-refractivity contribution in [3.05, 3.63) is 81.4 Å². The molecule has 0 unspecified atom stereocenters. The van der Waals surface area contributed by atoms with Gasteiger partial charge in [-0.3, -0.25) is 4.79 Å². The summed E-state index contributed by atoms with van der Waals surface area (Å²) in [5, 5.41) is 0.689. The van der Waals surface area contributed by atoms with Crippen LogP contribution in [0.1, 0.15) is 23.2 Å². The SMILES string of the molecule is CCOC(=O)c1ccc(COc2c(-c3ccc(OC)cc3)oc3ccc(Cl)cc3c2=O)o1. The van der Waals surface area contributed by atoms with Crippen LogP contribution in [-0.2, 0) is 11.3 Å². The number of ether oxygens (including phenoxy) is 3. The van der Waals surface area contributed by atoms with E-state index in [2.05, 4.69) is 0 Å². The van der Waals surface area contributed by atoms with Crippen molar-refractivity contribution >= 4 is 28.5 Å². The number of rotatable bonds is 7. The monoisotopic (exact) mass is 454 g/mol. The van der Waals surface area contributed by atoms with Gasteiger partial charge < -0.3 is 23.0 Å². The highest BCUT2D eigenvalue weighted by molar-refractivity contribution is 6.31. The highest BCUT2D eigenvalue weighted by Crippen LogP contribution is 2.33. The van der Waals surface area contributed by atoms with Gasteiger partial charge in [0, 0.05) is 10.6 Å². The quantitative estimate of drug-likeness (QED) is 0.342. The smallest absolute Gasteiger partial charge is 0.374 e. The van der Waals surface area contributed by atoms with Gasteiger partial charge in [-0.15, -0.1) is 0 Å². The van der Waals surface area contributed by atoms with E-state index in [-0.39, 0.29) is 41.3 Å². The summed E-state index contributed by atoms with van der Waals surface area (Å²) in [5.74, 6) is 0.742. The molecule has 7 nitrogen and oxygen atoms in total. The molecule has 0 N–H and O–H groups in total. The fourth-order valence-electron chi connectivity index (χ4n) is 3.12. The van der Waals surface area contributed by atoms with Crippen LogP contribution in [0, 0.1) is 0 Å². The number of hydrogen-bond donors (Lipinski definition) is 0. The first-order valence-electron chi connectivity index (χ1n) is 9.79. The first-order valence-corrected chi connectivity index (χ1v) is 10.2. The normalized spacial score (nSPS) is 10.8. The van der Waals surface area contributed by atoms with Crippen LogP contribution >= 0.6 is 11.6 Å². The zero-order chi connectivity index (χ0) is 22.7. The molecule has 4 rings (SSSR count). The van der Waals surface area contributed by atoms with Gasteiger partial charge in [0.05, 0.1) is 19.1 Å². The maximum atomic E-state index is 13.2. The minimum absolute atomic E-state index is 0.000909. The zero-order valence-electron chi connectivity index (χ0n) is 17.3. The summed E-state index contributed by atoms with van der Waals surface area (Å²) in [4.78, 5) is 25.1. The molecule has 0 saturated carbocycles. The summed E-state index contributed by atoms with van der Waals surface area (Å²) in [6, 6.07) is 14.9. The van der Waals surface area contributed by atoms with E-state index in [4.69, 9.17) is 34.6 Å². The van der Waals surface area contributed by atoms with Gasteiger partial charge >= 0.3 is 5.97 Å². The standard InChI is InChI=1S/C24H19ClO7/c1-3-29-24(27)20-11-9-17(31-20)13-30-23-21(26)18-12-15(25)6-10-19(18)32-22(23)14-4-7-16(28-2)8-5-14/h4-12H,3,13H2,1-2H3. The minimum atomic E-state index is -0.572. The lowest BCUT2D eigenvalue weighted by Crippen LogP contribution is -2.10. The second-order valence-corrected chi connectivity index (χ2v) is 7.17. The van der Waals surface area contributed by atoms with E-state index >= 15 is 0 Å². The Hall–Kier alpha value is -3.71. The molecule has 0 aliphatic carbocycles. The molecule has 0 aliphatic rings. The number of esters is 1. The molecule has 0 saturated heterocycles. The van der Waals surface area contributed by atoms with Gasteiger partial charge in [-0.1, -0.05) is 11.6 Å². The predicted octanol–water partition coefficient (Wildman–Crippen LogP) is 5.47. The van der Waals surface area contributed by atoms with Gasteiger partial charge in [0.1, 0.15) is 23.7 Å². The van der Waals surface area contributed by atoms with Crippen molar-refractivity contribution in [1.29, 1.82) is 0 Å². The molecule has 0 amide bonds. The second kappa shape index (κ2) is 9.20. The summed E-state index contributed by atoms with van der Waals surface area (Å²) >= 11 is 6.07. The van der Waals surface area contributed by atoms with E-state index in [0.717, 1.165) is 0 Å². The highest BCUT2D eigenvalue weighted by Gasteiger charge is 2.20. The van der Waals surface area contributed by atoms with Gasteiger partial charge in [0.25, 0.3) is 0 Å². The molecular formula is C24H19ClO7. The molecule has 0 aliphatic heterocycles. The Morgan fingerprint density at radius 2 is 1.81 bits per heavy atom. The lowest BCUT2D eigenvalue weighted by molar-refractivity contribution is 0.0486. The second-order valence-electron chi connectivity index (χ2n) is 6.73. The van der Waals surface area contributed by atoms with Crippen molar-refractivity contribution in [1.82, 2.24) is 0 Å². The maximum Gasteiger partial charge on any atom is 0.374 e. The van der Waals surface area contributed by atoms with Crippen LogP contribution in [0.25, 0.3) is 22.3 Å². The largest absolute Gasteiger partial charge is 0.497 e. The van der Waals surface area contributed by atoms with Gasteiger partial charge in [-0.05, 0) is 61.5 Å². The molecule has 8 heteroatoms. The first kappa shape index (κ1) is 21.5. The minimum Gasteiger partial charge on any atom is -0.497 e. The van der Waals surface area contributed by atoms with Crippen molar-refractivity contribution in [2.45, 2.75) is 13.5 Å². The molecule has 4 aromatic rings. The van der Waals surface area contributed by atoms with Crippen LogP contribution in [0.2, 0.25) is 5.02 Å². The van der Waals surface area contributed by atoms with Crippen LogP contribution < -0.4 is 14.9 Å². The summed E-state index contributed by atoms with van der Waals surface area (Å²) in [6.07, 6.45) is 0. The molecule has 0 atom stereocenters. The van der Waals surface area contributed by atoms with E-state index < -0.39 is 5.97 Å². The van der Waals surface area contributed by atoms with Crippen molar-refractivity contribution in [3.63, 3.8) is 0 Å². The molecule has 2 heterocycles. The zero-order valence-corrected chi connectivity index (χ0v) is 18.1. The number of carbonyl (C=O) groups excluding carboxylic acids is 1. The van der Waals surface area contributed by atoms with Crippen LogP contribution in [0.4, 0.5) is 0 Å². The summed E-state index contributed by atoms with van der Waals surface area (Å²) in [7, 11) is 1.57. The Kier molecular flexibility index (Phi) is 6.18. The number of hydrogen-bond acceptors (Lipinski definition) is 7. The maximum absolute atomic E-state index is 13.2. The van der Waals surface area contributed by atoms with E-state index in [0.29, 0.717) is 27.7 Å². The summed E-state index contributed by atoms with van der Waals surface area (Å²) in [5.41, 5.74) is 0.623. The van der Waals surface area contributed by atoms with Crippen LogP contribution in [0.5, 0.6) is 11.5 Å². The average Bonchev–Trinajstić information content (AvgIpc) is 3.28. The lowest BCUT2D eigenvalue weighted by atomic mass is 10.1. The summed E-state index contributed by atoms with van der Waals surface area (Å²) < 4.78 is 27.5. The third-order valence-electron chi connectivity index (χ3n) is 4.66.